The van der Waals surface area contributed by atoms with Gasteiger partial charge in [0.15, 0.2) is 0 Å². The lowest BCUT2D eigenvalue weighted by atomic mass is 9.69. The maximum atomic E-state index is 10.7. The molecular formula is C36H46O3. The minimum absolute atomic E-state index is 0.0221. The largest absolute Gasteiger partial charge is 0.386 e. The summed E-state index contributed by atoms with van der Waals surface area (Å²) in [5, 5.41) is 10.7. The molecule has 3 nitrogen and oxygen atoms in total. The molecule has 0 spiro atoms. The van der Waals surface area contributed by atoms with Gasteiger partial charge in [0.1, 0.15) is 0 Å². The van der Waals surface area contributed by atoms with Crippen LogP contribution in [0.4, 0.5) is 0 Å². The minimum Gasteiger partial charge on any atom is -0.386 e. The third-order valence-corrected chi connectivity index (χ3v) is 8.65. The van der Waals surface area contributed by atoms with Crippen molar-refractivity contribution in [3.8, 4) is 11.1 Å². The number of aliphatic hydroxyl groups is 1. The molecule has 0 amide bonds. The molecule has 0 aromatic heterocycles. The Bertz CT molecular complexity index is 1300. The number of rotatable bonds is 10. The van der Waals surface area contributed by atoms with Crippen molar-refractivity contribution in [2.24, 2.45) is 0 Å². The first-order valence-electron chi connectivity index (χ1n) is 14.3. The van der Waals surface area contributed by atoms with E-state index in [1.54, 1.807) is 0 Å². The van der Waals surface area contributed by atoms with Crippen molar-refractivity contribution >= 4 is 12.2 Å². The van der Waals surface area contributed by atoms with Gasteiger partial charge in [-0.3, -0.25) is 0 Å². The highest BCUT2D eigenvalue weighted by molar-refractivity contribution is 5.69. The van der Waals surface area contributed by atoms with Gasteiger partial charge in [0, 0.05) is 5.41 Å². The van der Waals surface area contributed by atoms with Gasteiger partial charge in [0.05, 0.1) is 5.60 Å². The van der Waals surface area contributed by atoms with Crippen molar-refractivity contribution in [3.05, 3.63) is 99.6 Å². The summed E-state index contributed by atoms with van der Waals surface area (Å²) in [6, 6.07) is 20.9. The Kier molecular flexibility index (Phi) is 11.6. The molecular weight excluding hydrogens is 480 g/mol. The van der Waals surface area contributed by atoms with Gasteiger partial charge >= 0.3 is 6.15 Å². The molecule has 3 rings (SSSR count). The number of benzene rings is 3. The molecule has 208 valence electrons. The van der Waals surface area contributed by atoms with Crippen LogP contribution in [-0.2, 0) is 21.4 Å². The van der Waals surface area contributed by atoms with E-state index >= 15 is 0 Å². The van der Waals surface area contributed by atoms with Crippen molar-refractivity contribution in [3.63, 3.8) is 0 Å². The second-order valence-corrected chi connectivity index (χ2v) is 10.6. The van der Waals surface area contributed by atoms with Gasteiger partial charge in [-0.15, -0.1) is 0 Å². The van der Waals surface area contributed by atoms with Crippen molar-refractivity contribution in [1.29, 1.82) is 0 Å². The van der Waals surface area contributed by atoms with Crippen LogP contribution in [0.3, 0.4) is 0 Å². The van der Waals surface area contributed by atoms with Crippen LogP contribution >= 0.6 is 0 Å². The van der Waals surface area contributed by atoms with Crippen molar-refractivity contribution in [2.75, 3.05) is 0 Å². The number of hydrogen-bond donors (Lipinski definition) is 1. The third kappa shape index (κ3) is 7.24. The smallest absolute Gasteiger partial charge is 0.373 e. The Morgan fingerprint density at radius 3 is 1.77 bits per heavy atom. The molecule has 0 unspecified atom stereocenters. The lowest BCUT2D eigenvalue weighted by Crippen LogP contribution is -2.26. The molecule has 0 heterocycles. The highest BCUT2D eigenvalue weighted by Gasteiger charge is 2.31. The van der Waals surface area contributed by atoms with Gasteiger partial charge < -0.3 is 5.11 Å². The van der Waals surface area contributed by atoms with Gasteiger partial charge in [-0.05, 0) is 103 Å². The van der Waals surface area contributed by atoms with Crippen molar-refractivity contribution in [1.82, 2.24) is 0 Å². The van der Waals surface area contributed by atoms with Gasteiger partial charge in [0.25, 0.3) is 0 Å². The van der Waals surface area contributed by atoms with Crippen LogP contribution in [0.5, 0.6) is 0 Å². The van der Waals surface area contributed by atoms with E-state index in [1.807, 2.05) is 19.9 Å². The lowest BCUT2D eigenvalue weighted by molar-refractivity contribution is -0.191. The Hall–Kier alpha value is -3.26. The van der Waals surface area contributed by atoms with Crippen LogP contribution in [0.2, 0.25) is 0 Å². The van der Waals surface area contributed by atoms with Crippen LogP contribution in [0.25, 0.3) is 17.2 Å². The summed E-state index contributed by atoms with van der Waals surface area (Å²) in [5.74, 6) is 0. The fourth-order valence-electron chi connectivity index (χ4n) is 5.63. The van der Waals surface area contributed by atoms with Crippen molar-refractivity contribution < 1.29 is 14.7 Å². The molecule has 39 heavy (non-hydrogen) atoms. The van der Waals surface area contributed by atoms with E-state index in [-0.39, 0.29) is 11.6 Å². The maximum Gasteiger partial charge on any atom is 0.373 e. The van der Waals surface area contributed by atoms with Gasteiger partial charge in [-0.25, -0.2) is 0 Å². The topological polar surface area (TPSA) is 54.4 Å². The highest BCUT2D eigenvalue weighted by Crippen LogP contribution is 2.41. The summed E-state index contributed by atoms with van der Waals surface area (Å²) < 4.78 is 0. The van der Waals surface area contributed by atoms with E-state index in [2.05, 4.69) is 102 Å². The second kappa shape index (κ2) is 14.2. The number of carbonyl (C=O) groups excluding carboxylic acids is 2. The average Bonchev–Trinajstić information content (AvgIpc) is 2.94. The summed E-state index contributed by atoms with van der Waals surface area (Å²) >= 11 is 0. The molecule has 0 aliphatic carbocycles. The van der Waals surface area contributed by atoms with Crippen molar-refractivity contribution in [2.45, 2.75) is 98.5 Å². The Morgan fingerprint density at radius 2 is 1.28 bits per heavy atom. The first-order valence-corrected chi connectivity index (χ1v) is 14.3. The van der Waals surface area contributed by atoms with E-state index in [0.717, 1.165) is 32.1 Å². The molecule has 0 saturated heterocycles. The standard InChI is InChI=1S/C35H46O.CO2/c1-9-28-24-30(15-14-25(28)6)33-19-18-32(23-27(33)8)35(12-4,13-5)31-17-16-29(26(7)22-31)20-21-34(36,10-2)11-3;2-1-3/h14-24,36H,9-13H2,1-8H3;/b21-20+;. The minimum atomic E-state index is -0.726. The Balaban J connectivity index is 0.00000170. The SMILES string of the molecule is CCc1cc(-c2ccc(C(CC)(CC)c3ccc(/C=C/C(O)(CC)CC)c(C)c3)cc2C)ccc1C.O=C=O. The molecule has 0 aliphatic heterocycles. The highest BCUT2D eigenvalue weighted by atomic mass is 16.3. The molecule has 0 aliphatic rings. The molecule has 1 N–H and O–H groups in total. The van der Waals surface area contributed by atoms with Gasteiger partial charge in [-0.1, -0.05) is 101 Å². The van der Waals surface area contributed by atoms with E-state index in [9.17, 15) is 5.11 Å². The number of hydrogen-bond acceptors (Lipinski definition) is 3. The first kappa shape index (κ1) is 32.0. The summed E-state index contributed by atoms with van der Waals surface area (Å²) in [5.41, 5.74) is 11.2. The molecule has 0 fully saturated rings. The van der Waals surface area contributed by atoms with Gasteiger partial charge in [-0.2, -0.15) is 9.59 Å². The van der Waals surface area contributed by atoms with E-state index in [4.69, 9.17) is 9.59 Å². The van der Waals surface area contributed by atoms with E-state index in [0.29, 0.717) is 0 Å². The number of aryl methyl sites for hydroxylation is 4. The molecule has 3 aromatic rings. The zero-order chi connectivity index (χ0) is 29.2. The first-order chi connectivity index (χ1) is 18.6. The molecule has 0 bridgehead atoms. The van der Waals surface area contributed by atoms with Crippen LogP contribution in [0, 0.1) is 20.8 Å². The molecule has 0 saturated carbocycles. The van der Waals surface area contributed by atoms with E-state index < -0.39 is 5.60 Å². The second-order valence-electron chi connectivity index (χ2n) is 10.6. The third-order valence-electron chi connectivity index (χ3n) is 8.65. The Morgan fingerprint density at radius 1 is 0.718 bits per heavy atom. The lowest BCUT2D eigenvalue weighted by Gasteiger charge is -2.34. The van der Waals surface area contributed by atoms with E-state index in [1.165, 1.54) is 50.1 Å². The van der Waals surface area contributed by atoms with Crippen LogP contribution < -0.4 is 0 Å². The predicted octanol–water partition coefficient (Wildman–Crippen LogP) is 8.93. The quantitative estimate of drug-likeness (QED) is 0.287. The zero-order valence-corrected chi connectivity index (χ0v) is 25.2. The summed E-state index contributed by atoms with van der Waals surface area (Å²) in [6.07, 6.45) is 8.93. The molecule has 3 heteroatoms. The monoisotopic (exact) mass is 526 g/mol. The summed E-state index contributed by atoms with van der Waals surface area (Å²) in [7, 11) is 0. The predicted molar refractivity (Wildman–Crippen MR) is 163 cm³/mol. The fourth-order valence-corrected chi connectivity index (χ4v) is 5.63. The molecule has 0 radical (unpaired) electrons. The molecule has 3 aromatic carbocycles. The molecule has 0 atom stereocenters. The zero-order valence-electron chi connectivity index (χ0n) is 25.2. The summed E-state index contributed by atoms with van der Waals surface area (Å²) in [4.78, 5) is 16.2. The fraction of sp³-hybridized carbons (Fsp3) is 0.417. The van der Waals surface area contributed by atoms with Crippen LogP contribution in [0.15, 0.2) is 60.7 Å². The average molecular weight is 527 g/mol. The normalized spacial score (nSPS) is 11.7. The van der Waals surface area contributed by atoms with Crippen LogP contribution in [-0.4, -0.2) is 16.9 Å². The Labute approximate surface area is 236 Å². The maximum absolute atomic E-state index is 10.7. The van der Waals surface area contributed by atoms with Crippen LogP contribution in [0.1, 0.15) is 99.2 Å². The van der Waals surface area contributed by atoms with Gasteiger partial charge in [0.2, 0.25) is 0 Å². The summed E-state index contributed by atoms with van der Waals surface area (Å²) in [6.45, 7) is 17.6.